The Morgan fingerprint density at radius 1 is 1.14 bits per heavy atom. The predicted octanol–water partition coefficient (Wildman–Crippen LogP) is 2.04. The number of hydrogen-bond donors (Lipinski definition) is 2. The lowest BCUT2D eigenvalue weighted by Gasteiger charge is -2.27. The minimum absolute atomic E-state index is 0.139. The van der Waals surface area contributed by atoms with Gasteiger partial charge in [-0.3, -0.25) is 0 Å². The maximum Gasteiger partial charge on any atom is 0.0280 e. The second-order valence-electron chi connectivity index (χ2n) is 5.33. The molecule has 2 saturated carbocycles. The summed E-state index contributed by atoms with van der Waals surface area (Å²) >= 11 is 0. The largest absolute Gasteiger partial charge is 0.324 e. The lowest BCUT2D eigenvalue weighted by molar-refractivity contribution is 0.286. The Balaban J connectivity index is 1.53. The summed E-state index contributed by atoms with van der Waals surface area (Å²) in [5.74, 6) is 1.03. The van der Waals surface area contributed by atoms with Crippen molar-refractivity contribution in [3.63, 3.8) is 0 Å². The molecule has 2 aliphatic carbocycles. The van der Waals surface area contributed by atoms with Crippen molar-refractivity contribution >= 4 is 0 Å². The Morgan fingerprint density at radius 3 is 2.43 bits per heavy atom. The van der Waals surface area contributed by atoms with E-state index in [0.29, 0.717) is 0 Å². The Hall–Kier alpha value is -0.0800. The lowest BCUT2D eigenvalue weighted by Crippen LogP contribution is -2.46. The van der Waals surface area contributed by atoms with Crippen LogP contribution >= 0.6 is 0 Å². The van der Waals surface area contributed by atoms with Crippen molar-refractivity contribution in [1.29, 1.82) is 0 Å². The minimum atomic E-state index is 0.139. The molecule has 0 heterocycles. The molecule has 3 N–H and O–H groups in total. The number of nitrogens with one attached hydrogen (secondary N) is 1. The van der Waals surface area contributed by atoms with Crippen LogP contribution in [0.25, 0.3) is 0 Å². The van der Waals surface area contributed by atoms with E-state index in [4.69, 9.17) is 5.73 Å². The van der Waals surface area contributed by atoms with Crippen LogP contribution in [-0.4, -0.2) is 18.6 Å². The summed E-state index contributed by atoms with van der Waals surface area (Å²) in [6, 6.07) is 0. The number of rotatable bonds is 5. The van der Waals surface area contributed by atoms with Crippen LogP contribution < -0.4 is 11.1 Å². The Bertz CT molecular complexity index is 169. The fourth-order valence-corrected chi connectivity index (χ4v) is 2.68. The van der Waals surface area contributed by atoms with E-state index in [-0.39, 0.29) is 5.54 Å². The third kappa shape index (κ3) is 2.71. The highest BCUT2D eigenvalue weighted by molar-refractivity contribution is 4.91. The molecule has 0 radical (unpaired) electrons. The summed E-state index contributed by atoms with van der Waals surface area (Å²) in [6.07, 6.45) is 10.9. The van der Waals surface area contributed by atoms with Crippen LogP contribution in [0.2, 0.25) is 0 Å². The molecule has 0 saturated heterocycles. The molecule has 2 heteroatoms. The summed E-state index contributed by atoms with van der Waals surface area (Å²) in [6.45, 7) is 2.23. The van der Waals surface area contributed by atoms with Crippen LogP contribution in [0.1, 0.15) is 51.4 Å². The Morgan fingerprint density at radius 2 is 1.86 bits per heavy atom. The maximum atomic E-state index is 6.26. The SMILES string of the molecule is NC1(CNCCC2CCC2)CCCC1. The molecular weight excluding hydrogens is 172 g/mol. The number of nitrogens with two attached hydrogens (primary N) is 1. The molecule has 0 aromatic carbocycles. The average molecular weight is 196 g/mol. The van der Waals surface area contributed by atoms with Crippen molar-refractivity contribution in [1.82, 2.24) is 5.32 Å². The molecular formula is C12H24N2. The van der Waals surface area contributed by atoms with Gasteiger partial charge in [-0.05, 0) is 31.7 Å². The fraction of sp³-hybridized carbons (Fsp3) is 1.00. The molecule has 2 nitrogen and oxygen atoms in total. The quantitative estimate of drug-likeness (QED) is 0.660. The molecule has 2 fully saturated rings. The molecule has 0 spiro atoms. The van der Waals surface area contributed by atoms with Crippen molar-refractivity contribution in [2.24, 2.45) is 11.7 Å². The maximum absolute atomic E-state index is 6.26. The molecule has 2 aliphatic rings. The van der Waals surface area contributed by atoms with Crippen molar-refractivity contribution < 1.29 is 0 Å². The first kappa shape index (κ1) is 10.4. The molecule has 0 atom stereocenters. The van der Waals surface area contributed by atoms with Gasteiger partial charge in [0, 0.05) is 12.1 Å². The first-order chi connectivity index (χ1) is 6.79. The molecule has 0 unspecified atom stereocenters. The highest BCUT2D eigenvalue weighted by Gasteiger charge is 2.28. The zero-order valence-corrected chi connectivity index (χ0v) is 9.23. The summed E-state index contributed by atoms with van der Waals surface area (Å²) in [7, 11) is 0. The van der Waals surface area contributed by atoms with Crippen molar-refractivity contribution in [3.05, 3.63) is 0 Å². The topological polar surface area (TPSA) is 38.0 Å². The van der Waals surface area contributed by atoms with Crippen molar-refractivity contribution in [3.8, 4) is 0 Å². The molecule has 0 aromatic heterocycles. The van der Waals surface area contributed by atoms with E-state index >= 15 is 0 Å². The van der Waals surface area contributed by atoms with Gasteiger partial charge < -0.3 is 11.1 Å². The summed E-state index contributed by atoms with van der Waals surface area (Å²) < 4.78 is 0. The zero-order chi connectivity index (χ0) is 9.86. The standard InChI is InChI=1S/C12H24N2/c13-12(7-1-2-8-12)10-14-9-6-11-4-3-5-11/h11,14H,1-10,13H2. The van der Waals surface area contributed by atoms with Crippen LogP contribution in [0, 0.1) is 5.92 Å². The molecule has 2 rings (SSSR count). The van der Waals surface area contributed by atoms with E-state index in [9.17, 15) is 0 Å². The van der Waals surface area contributed by atoms with Gasteiger partial charge >= 0.3 is 0 Å². The third-order valence-corrected chi connectivity index (χ3v) is 4.03. The highest BCUT2D eigenvalue weighted by Crippen LogP contribution is 2.29. The summed E-state index contributed by atoms with van der Waals surface area (Å²) in [5.41, 5.74) is 6.40. The third-order valence-electron chi connectivity index (χ3n) is 4.03. The molecule has 14 heavy (non-hydrogen) atoms. The summed E-state index contributed by atoms with van der Waals surface area (Å²) in [4.78, 5) is 0. The van der Waals surface area contributed by atoms with Crippen LogP contribution in [0.15, 0.2) is 0 Å². The lowest BCUT2D eigenvalue weighted by atomic mass is 9.83. The van der Waals surface area contributed by atoms with Gasteiger partial charge in [0.25, 0.3) is 0 Å². The van der Waals surface area contributed by atoms with Gasteiger partial charge in [0.15, 0.2) is 0 Å². The fourth-order valence-electron chi connectivity index (χ4n) is 2.68. The molecule has 82 valence electrons. The van der Waals surface area contributed by atoms with Gasteiger partial charge in [0.05, 0.1) is 0 Å². The van der Waals surface area contributed by atoms with Crippen LogP contribution in [0.5, 0.6) is 0 Å². The van der Waals surface area contributed by atoms with Crippen molar-refractivity contribution in [2.45, 2.75) is 56.9 Å². The highest BCUT2D eigenvalue weighted by atomic mass is 14.9. The van der Waals surface area contributed by atoms with E-state index in [2.05, 4.69) is 5.32 Å². The zero-order valence-electron chi connectivity index (χ0n) is 9.23. The Kier molecular flexibility index (Phi) is 3.45. The monoisotopic (exact) mass is 196 g/mol. The van der Waals surface area contributed by atoms with E-state index in [1.54, 1.807) is 0 Å². The van der Waals surface area contributed by atoms with Crippen molar-refractivity contribution in [2.75, 3.05) is 13.1 Å². The van der Waals surface area contributed by atoms with E-state index < -0.39 is 0 Å². The predicted molar refractivity (Wildman–Crippen MR) is 60.2 cm³/mol. The van der Waals surface area contributed by atoms with Gasteiger partial charge in [-0.15, -0.1) is 0 Å². The van der Waals surface area contributed by atoms with Crippen LogP contribution in [0.3, 0.4) is 0 Å². The van der Waals surface area contributed by atoms with E-state index in [1.807, 2.05) is 0 Å². The van der Waals surface area contributed by atoms with Gasteiger partial charge in [-0.25, -0.2) is 0 Å². The van der Waals surface area contributed by atoms with E-state index in [1.165, 1.54) is 57.9 Å². The van der Waals surface area contributed by atoms with E-state index in [0.717, 1.165) is 12.5 Å². The Labute approximate surface area is 87.6 Å². The molecule has 0 aliphatic heterocycles. The second kappa shape index (κ2) is 4.63. The minimum Gasteiger partial charge on any atom is -0.324 e. The first-order valence-corrected chi connectivity index (χ1v) is 6.28. The average Bonchev–Trinajstić information content (AvgIpc) is 2.49. The number of hydrogen-bond acceptors (Lipinski definition) is 2. The molecule has 0 amide bonds. The van der Waals surface area contributed by atoms with Crippen LogP contribution in [0.4, 0.5) is 0 Å². The smallest absolute Gasteiger partial charge is 0.0280 e. The van der Waals surface area contributed by atoms with Gasteiger partial charge in [0.1, 0.15) is 0 Å². The second-order valence-corrected chi connectivity index (χ2v) is 5.33. The van der Waals surface area contributed by atoms with Gasteiger partial charge in [-0.2, -0.15) is 0 Å². The molecule has 0 aromatic rings. The molecule has 0 bridgehead atoms. The van der Waals surface area contributed by atoms with Gasteiger partial charge in [0.2, 0.25) is 0 Å². The van der Waals surface area contributed by atoms with Crippen LogP contribution in [-0.2, 0) is 0 Å². The normalized spacial score (nSPS) is 26.4. The summed E-state index contributed by atoms with van der Waals surface area (Å²) in [5, 5.41) is 3.54. The first-order valence-electron chi connectivity index (χ1n) is 6.28. The van der Waals surface area contributed by atoms with Gasteiger partial charge in [-0.1, -0.05) is 32.1 Å².